The number of carbonyl (C=O) groups is 1. The van der Waals surface area contributed by atoms with Gasteiger partial charge in [0.05, 0.1) is 5.56 Å². The van der Waals surface area contributed by atoms with Gasteiger partial charge in [0, 0.05) is 5.56 Å². The van der Waals surface area contributed by atoms with Gasteiger partial charge in [0.1, 0.15) is 5.75 Å². The number of amides is 1. The molecule has 0 atom stereocenters. The zero-order valence-corrected chi connectivity index (χ0v) is 13.2. The molecular weight excluding hydrogens is 306 g/mol. The number of nitrogens with two attached hydrogens (primary N) is 1. The largest absolute Gasteiger partial charge is 0.483 e. The van der Waals surface area contributed by atoms with Crippen molar-refractivity contribution in [1.82, 2.24) is 10.1 Å². The summed E-state index contributed by atoms with van der Waals surface area (Å²) in [4.78, 5) is 15.7. The number of aromatic nitrogens is 2. The average molecular weight is 323 g/mol. The van der Waals surface area contributed by atoms with E-state index in [1.807, 2.05) is 24.3 Å². The van der Waals surface area contributed by atoms with Crippen molar-refractivity contribution in [3.8, 4) is 17.1 Å². The Morgan fingerprint density at radius 2 is 1.92 bits per heavy atom. The lowest BCUT2D eigenvalue weighted by molar-refractivity contribution is 0.0995. The molecule has 122 valence electrons. The maximum atomic E-state index is 11.4. The predicted octanol–water partition coefficient (Wildman–Crippen LogP) is 2.98. The van der Waals surface area contributed by atoms with Crippen molar-refractivity contribution in [2.45, 2.75) is 20.0 Å². The van der Waals surface area contributed by atoms with E-state index in [0.717, 1.165) is 12.0 Å². The predicted molar refractivity (Wildman–Crippen MR) is 88.4 cm³/mol. The Bertz CT molecular complexity index is 841. The summed E-state index contributed by atoms with van der Waals surface area (Å²) in [7, 11) is 0. The van der Waals surface area contributed by atoms with E-state index in [1.165, 1.54) is 5.56 Å². The third-order valence-electron chi connectivity index (χ3n) is 3.59. The number of rotatable bonds is 6. The van der Waals surface area contributed by atoms with E-state index < -0.39 is 5.91 Å². The summed E-state index contributed by atoms with van der Waals surface area (Å²) in [5.41, 5.74) is 7.75. The van der Waals surface area contributed by atoms with Crippen molar-refractivity contribution in [1.29, 1.82) is 0 Å². The minimum absolute atomic E-state index is 0.0599. The van der Waals surface area contributed by atoms with Crippen LogP contribution in [0.3, 0.4) is 0 Å². The molecule has 0 radical (unpaired) electrons. The molecular formula is C18H17N3O3. The van der Waals surface area contributed by atoms with Crippen molar-refractivity contribution >= 4 is 5.91 Å². The van der Waals surface area contributed by atoms with E-state index >= 15 is 0 Å². The van der Waals surface area contributed by atoms with E-state index in [1.54, 1.807) is 24.3 Å². The summed E-state index contributed by atoms with van der Waals surface area (Å²) in [6, 6.07) is 14.7. The van der Waals surface area contributed by atoms with Crippen molar-refractivity contribution in [3.05, 3.63) is 65.5 Å². The number of carbonyl (C=O) groups excluding carboxylic acids is 1. The highest BCUT2D eigenvalue weighted by atomic mass is 16.5. The number of nitrogens with zero attached hydrogens (tertiary/aromatic N) is 2. The number of aryl methyl sites for hydroxylation is 1. The summed E-state index contributed by atoms with van der Waals surface area (Å²) in [5, 5.41) is 3.95. The lowest BCUT2D eigenvalue weighted by Crippen LogP contribution is -2.12. The topological polar surface area (TPSA) is 91.2 Å². The van der Waals surface area contributed by atoms with E-state index in [-0.39, 0.29) is 6.61 Å². The molecule has 2 aromatic carbocycles. The van der Waals surface area contributed by atoms with Gasteiger partial charge in [-0.15, -0.1) is 0 Å². The third-order valence-corrected chi connectivity index (χ3v) is 3.59. The monoisotopic (exact) mass is 323 g/mol. The summed E-state index contributed by atoms with van der Waals surface area (Å²) in [6.07, 6.45) is 0.977. The molecule has 3 rings (SSSR count). The van der Waals surface area contributed by atoms with Crippen LogP contribution in [0.4, 0.5) is 0 Å². The molecule has 1 aromatic heterocycles. The first-order valence-electron chi connectivity index (χ1n) is 7.61. The van der Waals surface area contributed by atoms with Crippen LogP contribution in [0.2, 0.25) is 0 Å². The van der Waals surface area contributed by atoms with Crippen molar-refractivity contribution in [2.75, 3.05) is 0 Å². The van der Waals surface area contributed by atoms with Gasteiger partial charge in [-0.25, -0.2) is 0 Å². The van der Waals surface area contributed by atoms with Crippen LogP contribution in [0.25, 0.3) is 11.4 Å². The molecule has 0 fully saturated rings. The molecule has 0 aliphatic rings. The number of ether oxygens (including phenoxy) is 1. The quantitative estimate of drug-likeness (QED) is 0.753. The number of hydrogen-bond donors (Lipinski definition) is 1. The zero-order chi connectivity index (χ0) is 16.9. The van der Waals surface area contributed by atoms with E-state index in [4.69, 9.17) is 15.0 Å². The Morgan fingerprint density at radius 1 is 1.17 bits per heavy atom. The molecule has 0 spiro atoms. The summed E-state index contributed by atoms with van der Waals surface area (Å²) >= 11 is 0. The standard InChI is InChI=1S/C18H17N3O3/c1-2-12-7-9-13(10-8-12)18-20-16(24-21-18)11-23-15-6-4-3-5-14(15)17(19)22/h3-10H,2,11H2,1H3,(H2,19,22). The lowest BCUT2D eigenvalue weighted by Gasteiger charge is -2.06. The van der Waals surface area contributed by atoms with Gasteiger partial charge < -0.3 is 15.0 Å². The van der Waals surface area contributed by atoms with E-state index in [0.29, 0.717) is 23.0 Å². The second kappa shape index (κ2) is 6.95. The molecule has 1 heterocycles. The Hall–Kier alpha value is -3.15. The first-order valence-corrected chi connectivity index (χ1v) is 7.61. The van der Waals surface area contributed by atoms with Crippen LogP contribution in [0.5, 0.6) is 5.75 Å². The van der Waals surface area contributed by atoms with Crippen LogP contribution in [-0.2, 0) is 13.0 Å². The van der Waals surface area contributed by atoms with Gasteiger partial charge in [-0.2, -0.15) is 4.98 Å². The molecule has 0 unspecified atom stereocenters. The number of para-hydroxylation sites is 1. The van der Waals surface area contributed by atoms with E-state index in [2.05, 4.69) is 17.1 Å². The molecule has 24 heavy (non-hydrogen) atoms. The van der Waals surface area contributed by atoms with Gasteiger partial charge in [0.25, 0.3) is 11.8 Å². The highest BCUT2D eigenvalue weighted by molar-refractivity contribution is 5.95. The zero-order valence-electron chi connectivity index (χ0n) is 13.2. The van der Waals surface area contributed by atoms with Gasteiger partial charge >= 0.3 is 0 Å². The number of primary amides is 1. The van der Waals surface area contributed by atoms with E-state index in [9.17, 15) is 4.79 Å². The molecule has 0 aliphatic heterocycles. The highest BCUT2D eigenvalue weighted by Gasteiger charge is 2.12. The SMILES string of the molecule is CCc1ccc(-c2noc(COc3ccccc3C(N)=O)n2)cc1. The molecule has 6 heteroatoms. The minimum atomic E-state index is -0.548. The van der Waals surface area contributed by atoms with Gasteiger partial charge in [0.15, 0.2) is 6.61 Å². The molecule has 2 N–H and O–H groups in total. The lowest BCUT2D eigenvalue weighted by atomic mass is 10.1. The summed E-state index contributed by atoms with van der Waals surface area (Å²) < 4.78 is 10.8. The number of hydrogen-bond acceptors (Lipinski definition) is 5. The summed E-state index contributed by atoms with van der Waals surface area (Å²) in [5.74, 6) is 0.660. The smallest absolute Gasteiger partial charge is 0.264 e. The molecule has 0 saturated carbocycles. The molecule has 3 aromatic rings. The first-order chi connectivity index (χ1) is 11.7. The van der Waals surface area contributed by atoms with Crippen LogP contribution in [-0.4, -0.2) is 16.0 Å². The van der Waals surface area contributed by atoms with Crippen LogP contribution in [0, 0.1) is 0 Å². The second-order valence-corrected chi connectivity index (χ2v) is 5.21. The van der Waals surface area contributed by atoms with Crippen molar-refractivity contribution in [2.24, 2.45) is 5.73 Å². The fourth-order valence-corrected chi connectivity index (χ4v) is 2.26. The Labute approximate surface area is 139 Å². The van der Waals surface area contributed by atoms with Crippen molar-refractivity contribution < 1.29 is 14.1 Å². The first kappa shape index (κ1) is 15.7. The van der Waals surface area contributed by atoms with Gasteiger partial charge in [-0.3, -0.25) is 4.79 Å². The van der Waals surface area contributed by atoms with Crippen LogP contribution < -0.4 is 10.5 Å². The fraction of sp³-hybridized carbons (Fsp3) is 0.167. The molecule has 0 saturated heterocycles. The summed E-state index contributed by atoms with van der Waals surface area (Å²) in [6.45, 7) is 2.16. The maximum Gasteiger partial charge on any atom is 0.264 e. The highest BCUT2D eigenvalue weighted by Crippen LogP contribution is 2.20. The Morgan fingerprint density at radius 3 is 2.62 bits per heavy atom. The van der Waals surface area contributed by atoms with Crippen LogP contribution in [0.1, 0.15) is 28.7 Å². The number of benzene rings is 2. The third kappa shape index (κ3) is 3.43. The van der Waals surface area contributed by atoms with Gasteiger partial charge in [-0.05, 0) is 24.1 Å². The minimum Gasteiger partial charge on any atom is -0.483 e. The molecule has 0 aliphatic carbocycles. The molecule has 6 nitrogen and oxygen atoms in total. The molecule has 0 bridgehead atoms. The average Bonchev–Trinajstić information content (AvgIpc) is 3.09. The molecule has 1 amide bonds. The van der Waals surface area contributed by atoms with Crippen LogP contribution in [0.15, 0.2) is 53.1 Å². The Kier molecular flexibility index (Phi) is 4.56. The normalized spacial score (nSPS) is 10.5. The fourth-order valence-electron chi connectivity index (χ4n) is 2.26. The van der Waals surface area contributed by atoms with Crippen molar-refractivity contribution in [3.63, 3.8) is 0 Å². The van der Waals surface area contributed by atoms with Gasteiger partial charge in [-0.1, -0.05) is 48.5 Å². The Balaban J connectivity index is 1.71. The van der Waals surface area contributed by atoms with Gasteiger partial charge in [0.2, 0.25) is 5.82 Å². The maximum absolute atomic E-state index is 11.4. The second-order valence-electron chi connectivity index (χ2n) is 5.21. The van der Waals surface area contributed by atoms with Crippen LogP contribution >= 0.6 is 0 Å².